The summed E-state index contributed by atoms with van der Waals surface area (Å²) in [7, 11) is 1.60. The van der Waals surface area contributed by atoms with Crippen LogP contribution in [0.25, 0.3) is 11.1 Å². The van der Waals surface area contributed by atoms with Crippen LogP contribution in [-0.4, -0.2) is 30.5 Å². The van der Waals surface area contributed by atoms with Crippen molar-refractivity contribution in [3.8, 4) is 5.75 Å². The van der Waals surface area contributed by atoms with Gasteiger partial charge >= 0.3 is 0 Å². The Labute approximate surface area is 159 Å². The number of nitrogens with zero attached hydrogens (tertiary/aromatic N) is 1. The lowest BCUT2D eigenvalue weighted by molar-refractivity contribution is 0.0846. The molecule has 4 rings (SSSR count). The van der Waals surface area contributed by atoms with Crippen molar-refractivity contribution in [2.24, 2.45) is 5.92 Å². The average Bonchev–Trinajstić information content (AvgIpc) is 3.17. The van der Waals surface area contributed by atoms with Gasteiger partial charge in [-0.05, 0) is 56.2 Å². The summed E-state index contributed by atoms with van der Waals surface area (Å²) in [4.78, 5) is 17.2. The molecule has 0 atom stereocenters. The van der Waals surface area contributed by atoms with E-state index in [4.69, 9.17) is 9.15 Å². The van der Waals surface area contributed by atoms with Gasteiger partial charge < -0.3 is 14.5 Å². The lowest BCUT2D eigenvalue weighted by atomic mass is 9.83. The Morgan fingerprint density at radius 2 is 2.11 bits per heavy atom. The number of Topliss-reactive ketones (excluding diaryl/α,β-unsaturated/α-hetero) is 1. The molecule has 0 unspecified atom stereocenters. The highest BCUT2D eigenvalue weighted by Gasteiger charge is 2.30. The fourth-order valence-corrected chi connectivity index (χ4v) is 3.99. The smallest absolute Gasteiger partial charge is 0.264 e. The van der Waals surface area contributed by atoms with Gasteiger partial charge in [0.15, 0.2) is 11.1 Å². The van der Waals surface area contributed by atoms with Crippen molar-refractivity contribution < 1.29 is 13.9 Å². The third-order valence-corrected chi connectivity index (χ3v) is 5.58. The molecule has 1 N–H and O–H groups in total. The lowest BCUT2D eigenvalue weighted by Crippen LogP contribution is -2.36. The van der Waals surface area contributed by atoms with Crippen LogP contribution in [0.15, 0.2) is 46.4 Å². The molecule has 0 saturated heterocycles. The zero-order valence-electron chi connectivity index (χ0n) is 15.7. The van der Waals surface area contributed by atoms with E-state index in [1.165, 1.54) is 5.57 Å². The fraction of sp³-hybridized carbons (Fsp3) is 0.455. The molecule has 1 saturated carbocycles. The second-order valence-corrected chi connectivity index (χ2v) is 7.38. The van der Waals surface area contributed by atoms with E-state index in [1.807, 2.05) is 18.2 Å². The molecule has 0 amide bonds. The van der Waals surface area contributed by atoms with E-state index in [1.54, 1.807) is 7.11 Å². The Morgan fingerprint density at radius 1 is 1.26 bits per heavy atom. The Hall–Kier alpha value is -2.40. The van der Waals surface area contributed by atoms with Gasteiger partial charge in [-0.1, -0.05) is 24.3 Å². The van der Waals surface area contributed by atoms with Crippen molar-refractivity contribution in [1.82, 2.24) is 10.3 Å². The SMILES string of the molecule is COc1cccc2oc(C(=O)C3CCC(NCC4=CCCC=C4)CC3)nc12. The van der Waals surface area contributed by atoms with E-state index in [0.717, 1.165) is 45.1 Å². The summed E-state index contributed by atoms with van der Waals surface area (Å²) < 4.78 is 11.0. The molecule has 2 aliphatic rings. The predicted octanol–water partition coefficient (Wildman–Crippen LogP) is 4.44. The van der Waals surface area contributed by atoms with Crippen molar-refractivity contribution in [1.29, 1.82) is 0 Å². The molecular weight excluding hydrogens is 340 g/mol. The summed E-state index contributed by atoms with van der Waals surface area (Å²) in [6, 6.07) is 5.96. The molecule has 5 nitrogen and oxygen atoms in total. The van der Waals surface area contributed by atoms with Crippen LogP contribution >= 0.6 is 0 Å². The van der Waals surface area contributed by atoms with E-state index in [0.29, 0.717) is 22.9 Å². The number of ketones is 1. The number of para-hydroxylation sites is 1. The second-order valence-electron chi connectivity index (χ2n) is 7.38. The number of aromatic nitrogens is 1. The summed E-state index contributed by atoms with van der Waals surface area (Å²) in [5, 5.41) is 3.64. The van der Waals surface area contributed by atoms with Crippen LogP contribution in [-0.2, 0) is 0 Å². The van der Waals surface area contributed by atoms with Crippen LogP contribution in [0.4, 0.5) is 0 Å². The fourth-order valence-electron chi connectivity index (χ4n) is 3.99. The maximum atomic E-state index is 12.8. The highest BCUT2D eigenvalue weighted by Crippen LogP contribution is 2.30. The third-order valence-electron chi connectivity index (χ3n) is 5.58. The minimum absolute atomic E-state index is 0.00380. The molecule has 5 heteroatoms. The Morgan fingerprint density at radius 3 is 2.85 bits per heavy atom. The minimum atomic E-state index is -0.00380. The summed E-state index contributed by atoms with van der Waals surface area (Å²) in [6.07, 6.45) is 12.8. The van der Waals surface area contributed by atoms with Gasteiger partial charge in [-0.25, -0.2) is 4.98 Å². The predicted molar refractivity (Wildman–Crippen MR) is 105 cm³/mol. The standard InChI is InChI=1S/C22H26N2O3/c1-26-18-8-5-9-19-20(18)24-22(27-19)21(25)16-10-12-17(13-11-16)23-14-15-6-3-2-4-7-15/h3,5-9,16-17,23H,2,4,10-14H2,1H3. The Bertz CT molecular complexity index is 873. The normalized spacial score (nSPS) is 22.6. The second kappa shape index (κ2) is 8.09. The first-order valence-electron chi connectivity index (χ1n) is 9.81. The molecule has 1 aromatic heterocycles. The van der Waals surface area contributed by atoms with Gasteiger partial charge in [-0.15, -0.1) is 0 Å². The number of benzene rings is 1. The largest absolute Gasteiger partial charge is 0.494 e. The molecule has 1 aromatic carbocycles. The number of nitrogens with one attached hydrogen (secondary N) is 1. The molecule has 0 bridgehead atoms. The monoisotopic (exact) mass is 366 g/mol. The van der Waals surface area contributed by atoms with Gasteiger partial charge in [-0.2, -0.15) is 0 Å². The molecule has 1 fully saturated rings. The van der Waals surface area contributed by atoms with Gasteiger partial charge in [0.1, 0.15) is 5.75 Å². The number of allylic oxidation sites excluding steroid dienone is 2. The first kappa shape index (κ1) is 18.0. The number of hydrogen-bond acceptors (Lipinski definition) is 5. The Kier molecular flexibility index (Phi) is 5.39. The van der Waals surface area contributed by atoms with Crippen LogP contribution < -0.4 is 10.1 Å². The Balaban J connectivity index is 1.34. The van der Waals surface area contributed by atoms with E-state index in [-0.39, 0.29) is 17.6 Å². The number of hydrogen-bond donors (Lipinski definition) is 1. The van der Waals surface area contributed by atoms with Crippen LogP contribution in [0.2, 0.25) is 0 Å². The summed E-state index contributed by atoms with van der Waals surface area (Å²) >= 11 is 0. The number of carbonyl (C=O) groups excluding carboxylic acids is 1. The lowest BCUT2D eigenvalue weighted by Gasteiger charge is -2.28. The zero-order valence-corrected chi connectivity index (χ0v) is 15.7. The van der Waals surface area contributed by atoms with E-state index >= 15 is 0 Å². The van der Waals surface area contributed by atoms with Crippen molar-refractivity contribution in [2.75, 3.05) is 13.7 Å². The maximum Gasteiger partial charge on any atom is 0.264 e. The number of oxazole rings is 1. The molecule has 142 valence electrons. The average molecular weight is 366 g/mol. The highest BCUT2D eigenvalue weighted by atomic mass is 16.5. The van der Waals surface area contributed by atoms with Crippen LogP contribution in [0.3, 0.4) is 0 Å². The topological polar surface area (TPSA) is 64.4 Å². The van der Waals surface area contributed by atoms with E-state index in [9.17, 15) is 4.79 Å². The van der Waals surface area contributed by atoms with Gasteiger partial charge in [0.25, 0.3) is 5.89 Å². The van der Waals surface area contributed by atoms with Gasteiger partial charge in [0.2, 0.25) is 5.78 Å². The molecule has 0 spiro atoms. The van der Waals surface area contributed by atoms with E-state index < -0.39 is 0 Å². The molecule has 2 aliphatic carbocycles. The van der Waals surface area contributed by atoms with Crippen LogP contribution in [0, 0.1) is 5.92 Å². The van der Waals surface area contributed by atoms with Crippen LogP contribution in [0.5, 0.6) is 5.75 Å². The van der Waals surface area contributed by atoms with Crippen LogP contribution in [0.1, 0.15) is 49.2 Å². The first-order valence-corrected chi connectivity index (χ1v) is 9.81. The van der Waals surface area contributed by atoms with E-state index in [2.05, 4.69) is 28.5 Å². The van der Waals surface area contributed by atoms with Gasteiger partial charge in [0, 0.05) is 18.5 Å². The molecule has 27 heavy (non-hydrogen) atoms. The number of methoxy groups -OCH3 is 1. The zero-order chi connectivity index (χ0) is 18.6. The molecule has 0 radical (unpaired) electrons. The summed E-state index contributed by atoms with van der Waals surface area (Å²) in [5.74, 6) is 0.859. The van der Waals surface area contributed by atoms with Crippen molar-refractivity contribution in [2.45, 2.75) is 44.6 Å². The molecule has 0 aliphatic heterocycles. The summed E-state index contributed by atoms with van der Waals surface area (Å²) in [5.41, 5.74) is 2.59. The number of fused-ring (bicyclic) bond motifs is 1. The summed E-state index contributed by atoms with van der Waals surface area (Å²) in [6.45, 7) is 0.921. The third kappa shape index (κ3) is 3.98. The minimum Gasteiger partial charge on any atom is -0.494 e. The van der Waals surface area contributed by atoms with Crippen molar-refractivity contribution >= 4 is 16.9 Å². The first-order chi connectivity index (χ1) is 13.2. The quantitative estimate of drug-likeness (QED) is 0.766. The van der Waals surface area contributed by atoms with Crippen molar-refractivity contribution in [3.63, 3.8) is 0 Å². The van der Waals surface area contributed by atoms with Gasteiger partial charge in [0.05, 0.1) is 7.11 Å². The number of carbonyl (C=O) groups is 1. The van der Waals surface area contributed by atoms with Gasteiger partial charge in [-0.3, -0.25) is 4.79 Å². The molecule has 1 heterocycles. The molecular formula is C22H26N2O3. The number of ether oxygens (including phenoxy) is 1. The maximum absolute atomic E-state index is 12.8. The number of rotatable bonds is 6. The van der Waals surface area contributed by atoms with Crippen molar-refractivity contribution in [3.05, 3.63) is 47.9 Å². The highest BCUT2D eigenvalue weighted by molar-refractivity contribution is 5.96. The molecule has 2 aromatic rings.